The van der Waals surface area contributed by atoms with Crippen LogP contribution in [0.25, 0.3) is 11.0 Å². The van der Waals surface area contributed by atoms with Crippen molar-refractivity contribution in [3.63, 3.8) is 0 Å². The average Bonchev–Trinajstić information content (AvgIpc) is 3.55. The number of nitrogens with one attached hydrogen (secondary N) is 1. The number of hydrogen-bond donors (Lipinski definition) is 1. The number of carbonyl (C=O) groups excluding carboxylic acids is 2. The second-order valence-corrected chi connectivity index (χ2v) is 8.05. The number of nitro benzene ring substituents is 1. The zero-order valence-electron chi connectivity index (χ0n) is 18.4. The third-order valence-electron chi connectivity index (χ3n) is 5.30. The topological polar surface area (TPSA) is 138 Å². The van der Waals surface area contributed by atoms with Crippen LogP contribution in [0.5, 0.6) is 5.75 Å². The number of benzene rings is 1. The van der Waals surface area contributed by atoms with Gasteiger partial charge >= 0.3 is 5.97 Å². The van der Waals surface area contributed by atoms with Crippen LogP contribution >= 0.6 is 0 Å². The number of ether oxygens (including phenoxy) is 2. The van der Waals surface area contributed by atoms with Gasteiger partial charge in [0.1, 0.15) is 11.4 Å². The second kappa shape index (κ2) is 8.85. The largest absolute Gasteiger partial charge is 0.496 e. The summed E-state index contributed by atoms with van der Waals surface area (Å²) in [6.07, 6.45) is 3.58. The number of pyridine rings is 1. The minimum atomic E-state index is -0.706. The molecule has 11 nitrogen and oxygen atoms in total. The number of amides is 1. The molecule has 0 aliphatic heterocycles. The minimum absolute atomic E-state index is 0.0256. The molecule has 172 valence electrons. The van der Waals surface area contributed by atoms with E-state index in [0.717, 1.165) is 18.5 Å². The molecule has 1 N–H and O–H groups in total. The van der Waals surface area contributed by atoms with E-state index in [1.807, 2.05) is 13.8 Å². The summed E-state index contributed by atoms with van der Waals surface area (Å²) in [5, 5.41) is 18.6. The predicted octanol–water partition coefficient (Wildman–Crippen LogP) is 3.60. The third kappa shape index (κ3) is 4.61. The van der Waals surface area contributed by atoms with E-state index in [9.17, 15) is 19.7 Å². The summed E-state index contributed by atoms with van der Waals surface area (Å²) in [5.41, 5.74) is 1.33. The molecule has 1 fully saturated rings. The molecule has 0 bridgehead atoms. The van der Waals surface area contributed by atoms with Crippen molar-refractivity contribution in [2.45, 2.75) is 38.6 Å². The van der Waals surface area contributed by atoms with Gasteiger partial charge in [0.05, 0.1) is 35.2 Å². The van der Waals surface area contributed by atoms with Crippen molar-refractivity contribution in [2.75, 3.05) is 19.0 Å². The minimum Gasteiger partial charge on any atom is -0.496 e. The highest BCUT2D eigenvalue weighted by Crippen LogP contribution is 2.40. The first-order chi connectivity index (χ1) is 15.8. The fraction of sp³-hybridized carbons (Fsp3) is 0.364. The number of aromatic nitrogens is 3. The van der Waals surface area contributed by atoms with E-state index in [1.165, 1.54) is 25.3 Å². The predicted molar refractivity (Wildman–Crippen MR) is 118 cm³/mol. The van der Waals surface area contributed by atoms with Crippen LogP contribution in [0.2, 0.25) is 0 Å². The number of fused-ring (bicyclic) bond motifs is 1. The zero-order chi connectivity index (χ0) is 23.7. The Morgan fingerprint density at radius 2 is 2.06 bits per heavy atom. The molecule has 1 amide bonds. The number of hydrogen-bond acceptors (Lipinski definition) is 8. The van der Waals surface area contributed by atoms with Gasteiger partial charge in [-0.3, -0.25) is 14.9 Å². The van der Waals surface area contributed by atoms with Crippen molar-refractivity contribution in [1.29, 1.82) is 0 Å². The van der Waals surface area contributed by atoms with E-state index in [1.54, 1.807) is 16.9 Å². The lowest BCUT2D eigenvalue weighted by molar-refractivity contribution is -0.384. The number of carbonyl (C=O) groups is 2. The first-order valence-electron chi connectivity index (χ1n) is 10.5. The normalized spacial score (nSPS) is 13.2. The maximum Gasteiger partial charge on any atom is 0.339 e. The van der Waals surface area contributed by atoms with Gasteiger partial charge in [0.25, 0.3) is 11.6 Å². The molecule has 1 saturated carbocycles. The summed E-state index contributed by atoms with van der Waals surface area (Å²) in [7, 11) is 1.38. The summed E-state index contributed by atoms with van der Waals surface area (Å²) < 4.78 is 12.0. The first kappa shape index (κ1) is 22.2. The fourth-order valence-corrected chi connectivity index (χ4v) is 3.46. The molecule has 0 atom stereocenters. The van der Waals surface area contributed by atoms with Gasteiger partial charge in [0.2, 0.25) is 0 Å². The molecule has 0 saturated heterocycles. The van der Waals surface area contributed by atoms with Crippen LogP contribution in [0.1, 0.15) is 54.7 Å². The van der Waals surface area contributed by atoms with Crippen LogP contribution < -0.4 is 10.1 Å². The Labute approximate surface area is 188 Å². The van der Waals surface area contributed by atoms with E-state index in [0.29, 0.717) is 17.0 Å². The van der Waals surface area contributed by atoms with Crippen LogP contribution in [-0.4, -0.2) is 45.3 Å². The van der Waals surface area contributed by atoms with Crippen LogP contribution in [-0.2, 0) is 9.53 Å². The van der Waals surface area contributed by atoms with E-state index in [2.05, 4.69) is 10.4 Å². The smallest absolute Gasteiger partial charge is 0.339 e. The quantitative estimate of drug-likeness (QED) is 0.310. The molecule has 1 aliphatic carbocycles. The Morgan fingerprint density at radius 1 is 1.30 bits per heavy atom. The molecular formula is C22H23N5O6. The first-order valence-corrected chi connectivity index (χ1v) is 10.5. The number of methoxy groups -OCH3 is 1. The van der Waals surface area contributed by atoms with Crippen molar-refractivity contribution in [3.8, 4) is 5.75 Å². The molecule has 33 heavy (non-hydrogen) atoms. The van der Waals surface area contributed by atoms with E-state index in [-0.39, 0.29) is 28.7 Å². The molecule has 3 aromatic rings. The summed E-state index contributed by atoms with van der Waals surface area (Å²) >= 11 is 0. The zero-order valence-corrected chi connectivity index (χ0v) is 18.4. The van der Waals surface area contributed by atoms with Gasteiger partial charge in [0.15, 0.2) is 12.3 Å². The van der Waals surface area contributed by atoms with Crippen LogP contribution in [0, 0.1) is 10.1 Å². The Bertz CT molecular complexity index is 1250. The van der Waals surface area contributed by atoms with E-state index >= 15 is 0 Å². The van der Waals surface area contributed by atoms with Gasteiger partial charge in [-0.1, -0.05) is 0 Å². The van der Waals surface area contributed by atoms with Crippen molar-refractivity contribution < 1.29 is 24.0 Å². The highest BCUT2D eigenvalue weighted by atomic mass is 16.6. The molecule has 2 aromatic heterocycles. The third-order valence-corrected chi connectivity index (χ3v) is 5.30. The van der Waals surface area contributed by atoms with Gasteiger partial charge in [-0.25, -0.2) is 14.5 Å². The number of esters is 1. The lowest BCUT2D eigenvalue weighted by Gasteiger charge is -2.11. The monoisotopic (exact) mass is 453 g/mol. The number of rotatable bonds is 8. The summed E-state index contributed by atoms with van der Waals surface area (Å²) in [6, 6.07) is 5.78. The summed E-state index contributed by atoms with van der Waals surface area (Å²) in [6.45, 7) is 3.33. The fourth-order valence-electron chi connectivity index (χ4n) is 3.46. The highest BCUT2D eigenvalue weighted by molar-refractivity contribution is 6.04. The number of nitro groups is 1. The Balaban J connectivity index is 1.51. The van der Waals surface area contributed by atoms with Gasteiger partial charge in [-0.05, 0) is 44.9 Å². The molecule has 2 heterocycles. The maximum atomic E-state index is 12.9. The molecular weight excluding hydrogens is 430 g/mol. The van der Waals surface area contributed by atoms with Crippen LogP contribution in [0.4, 0.5) is 11.4 Å². The maximum absolute atomic E-state index is 12.9. The Morgan fingerprint density at radius 3 is 2.70 bits per heavy atom. The molecule has 11 heteroatoms. The van der Waals surface area contributed by atoms with Crippen molar-refractivity contribution in [3.05, 3.63) is 51.8 Å². The van der Waals surface area contributed by atoms with Gasteiger partial charge in [-0.2, -0.15) is 5.10 Å². The van der Waals surface area contributed by atoms with Gasteiger partial charge in [-0.15, -0.1) is 0 Å². The second-order valence-electron chi connectivity index (χ2n) is 8.05. The standard InChI is InChI=1S/C22H23N5O6/c1-12(2)26-21-16(10-23-26)15(9-18(25-21)13-4-5-13)22(29)33-11-20(28)24-17-7-6-14(32-3)8-19(17)27(30)31/h6-10,12-13H,4-5,11H2,1-3H3,(H,24,28). The SMILES string of the molecule is COc1ccc(NC(=O)COC(=O)c2cc(C3CC3)nc3c2cnn3C(C)C)c([N+](=O)[O-])c1. The van der Waals surface area contributed by atoms with Crippen molar-refractivity contribution >= 4 is 34.3 Å². The Hall–Kier alpha value is -4.02. The summed E-state index contributed by atoms with van der Waals surface area (Å²) in [5.74, 6) is -0.814. The number of anilines is 1. The highest BCUT2D eigenvalue weighted by Gasteiger charge is 2.29. The van der Waals surface area contributed by atoms with E-state index < -0.39 is 23.4 Å². The van der Waals surface area contributed by atoms with Gasteiger partial charge in [0, 0.05) is 17.7 Å². The molecule has 4 rings (SSSR count). The average molecular weight is 453 g/mol. The lowest BCUT2D eigenvalue weighted by atomic mass is 10.1. The lowest BCUT2D eigenvalue weighted by Crippen LogP contribution is -2.21. The van der Waals surface area contributed by atoms with Gasteiger partial charge < -0.3 is 14.8 Å². The Kier molecular flexibility index (Phi) is 5.95. The van der Waals surface area contributed by atoms with E-state index in [4.69, 9.17) is 14.5 Å². The molecule has 1 aliphatic rings. The number of nitrogens with zero attached hydrogens (tertiary/aromatic N) is 4. The van der Waals surface area contributed by atoms with Crippen LogP contribution in [0.3, 0.4) is 0 Å². The van der Waals surface area contributed by atoms with Crippen LogP contribution in [0.15, 0.2) is 30.5 Å². The molecule has 0 spiro atoms. The molecule has 0 radical (unpaired) electrons. The summed E-state index contributed by atoms with van der Waals surface area (Å²) in [4.78, 5) is 40.6. The van der Waals surface area contributed by atoms with Crippen molar-refractivity contribution in [1.82, 2.24) is 14.8 Å². The van der Waals surface area contributed by atoms with Crippen molar-refractivity contribution in [2.24, 2.45) is 0 Å². The molecule has 1 aromatic carbocycles. The molecule has 0 unspecified atom stereocenters.